The van der Waals surface area contributed by atoms with Gasteiger partial charge in [-0.05, 0) is 54.8 Å². The fourth-order valence-corrected chi connectivity index (χ4v) is 3.98. The molecule has 3 heterocycles. The summed E-state index contributed by atoms with van der Waals surface area (Å²) in [5.41, 5.74) is 1.49. The van der Waals surface area contributed by atoms with E-state index in [-0.39, 0.29) is 18.1 Å². The number of rotatable bonds is 5. The van der Waals surface area contributed by atoms with E-state index >= 15 is 0 Å². The number of carbonyl (C=O) groups excluding carboxylic acids is 1. The predicted molar refractivity (Wildman–Crippen MR) is 114 cm³/mol. The standard InChI is InChI=1S/C24H22F3N3O3/c25-24(26,27)33-19-5-3-17(4-6-19)16-23(32)9-14-30(15-10-23)22(31)20-2-1-11-29-21(20)18-7-12-28-13-8-18/h1-8,11-13,32H,9-10,14-16H2. The first kappa shape index (κ1) is 22.7. The third-order valence-electron chi connectivity index (χ3n) is 5.66. The van der Waals surface area contributed by atoms with Gasteiger partial charge < -0.3 is 14.7 Å². The van der Waals surface area contributed by atoms with Gasteiger partial charge in [0.15, 0.2) is 0 Å². The van der Waals surface area contributed by atoms with E-state index in [0.717, 1.165) is 5.56 Å². The van der Waals surface area contributed by atoms with Crippen LogP contribution in [0.25, 0.3) is 11.3 Å². The van der Waals surface area contributed by atoms with Crippen molar-refractivity contribution in [3.63, 3.8) is 0 Å². The van der Waals surface area contributed by atoms with Crippen molar-refractivity contribution in [2.24, 2.45) is 0 Å². The van der Waals surface area contributed by atoms with E-state index in [2.05, 4.69) is 14.7 Å². The number of benzene rings is 1. The van der Waals surface area contributed by atoms with E-state index in [1.807, 2.05) is 0 Å². The number of carbonyl (C=O) groups is 1. The Hall–Kier alpha value is -3.46. The van der Waals surface area contributed by atoms with Crippen LogP contribution >= 0.6 is 0 Å². The molecule has 6 nitrogen and oxygen atoms in total. The summed E-state index contributed by atoms with van der Waals surface area (Å²) in [4.78, 5) is 23.3. The topological polar surface area (TPSA) is 75.6 Å². The van der Waals surface area contributed by atoms with Gasteiger partial charge in [-0.1, -0.05) is 12.1 Å². The second-order valence-corrected chi connectivity index (χ2v) is 8.02. The average Bonchev–Trinajstić information content (AvgIpc) is 2.80. The monoisotopic (exact) mass is 457 g/mol. The Kier molecular flexibility index (Phi) is 6.33. The largest absolute Gasteiger partial charge is 0.573 e. The lowest BCUT2D eigenvalue weighted by atomic mass is 9.85. The normalized spacial score (nSPS) is 15.8. The zero-order chi connectivity index (χ0) is 23.5. The van der Waals surface area contributed by atoms with Crippen LogP contribution in [0, 0.1) is 0 Å². The first-order valence-electron chi connectivity index (χ1n) is 10.4. The summed E-state index contributed by atoms with van der Waals surface area (Å²) in [5.74, 6) is -0.467. The molecule has 0 aliphatic carbocycles. The third kappa shape index (κ3) is 5.67. The Balaban J connectivity index is 1.40. The lowest BCUT2D eigenvalue weighted by Gasteiger charge is -2.38. The van der Waals surface area contributed by atoms with Crippen LogP contribution in [0.1, 0.15) is 28.8 Å². The zero-order valence-corrected chi connectivity index (χ0v) is 17.6. The van der Waals surface area contributed by atoms with E-state index in [9.17, 15) is 23.1 Å². The maximum Gasteiger partial charge on any atom is 0.573 e. The van der Waals surface area contributed by atoms with Crippen LogP contribution in [0.15, 0.2) is 67.1 Å². The summed E-state index contributed by atoms with van der Waals surface area (Å²) in [6.07, 6.45) is 1.14. The number of amides is 1. The molecule has 4 rings (SSSR count). The highest BCUT2D eigenvalue weighted by molar-refractivity contribution is 5.99. The van der Waals surface area contributed by atoms with Crippen LogP contribution in [0.5, 0.6) is 5.75 Å². The van der Waals surface area contributed by atoms with Gasteiger partial charge in [-0.3, -0.25) is 14.8 Å². The van der Waals surface area contributed by atoms with Crippen LogP contribution < -0.4 is 4.74 Å². The lowest BCUT2D eigenvalue weighted by Crippen LogP contribution is -2.47. The van der Waals surface area contributed by atoms with Crippen molar-refractivity contribution < 1.29 is 27.8 Å². The molecule has 1 aliphatic heterocycles. The van der Waals surface area contributed by atoms with E-state index in [4.69, 9.17) is 0 Å². The molecule has 2 aromatic heterocycles. The molecule has 1 fully saturated rings. The Morgan fingerprint density at radius 2 is 1.70 bits per heavy atom. The highest BCUT2D eigenvalue weighted by Gasteiger charge is 2.35. The van der Waals surface area contributed by atoms with Gasteiger partial charge in [0.2, 0.25) is 0 Å². The molecule has 33 heavy (non-hydrogen) atoms. The van der Waals surface area contributed by atoms with Crippen molar-refractivity contribution in [2.75, 3.05) is 13.1 Å². The Labute approximate surface area is 188 Å². The van der Waals surface area contributed by atoms with Crippen molar-refractivity contribution in [3.05, 3.63) is 78.2 Å². The fraction of sp³-hybridized carbons (Fsp3) is 0.292. The lowest BCUT2D eigenvalue weighted by molar-refractivity contribution is -0.274. The Morgan fingerprint density at radius 3 is 2.33 bits per heavy atom. The molecule has 172 valence electrons. The van der Waals surface area contributed by atoms with Crippen LogP contribution in [-0.2, 0) is 6.42 Å². The number of hydrogen-bond donors (Lipinski definition) is 1. The van der Waals surface area contributed by atoms with Crippen molar-refractivity contribution >= 4 is 5.91 Å². The number of alkyl halides is 3. The van der Waals surface area contributed by atoms with Gasteiger partial charge in [-0.15, -0.1) is 13.2 Å². The third-order valence-corrected chi connectivity index (χ3v) is 5.66. The first-order chi connectivity index (χ1) is 15.7. The molecule has 9 heteroatoms. The quantitative estimate of drug-likeness (QED) is 0.620. The molecule has 1 N–H and O–H groups in total. The molecule has 1 aromatic carbocycles. The van der Waals surface area contributed by atoms with Crippen molar-refractivity contribution in [1.82, 2.24) is 14.9 Å². The molecule has 0 atom stereocenters. The number of hydrogen-bond acceptors (Lipinski definition) is 5. The van der Waals surface area contributed by atoms with Crippen LogP contribution in [0.2, 0.25) is 0 Å². The van der Waals surface area contributed by atoms with Gasteiger partial charge in [0.25, 0.3) is 5.91 Å². The number of aromatic nitrogens is 2. The highest BCUT2D eigenvalue weighted by atomic mass is 19.4. The van der Waals surface area contributed by atoms with Crippen LogP contribution in [-0.4, -0.2) is 50.9 Å². The molecule has 3 aromatic rings. The highest BCUT2D eigenvalue weighted by Crippen LogP contribution is 2.30. The summed E-state index contributed by atoms with van der Waals surface area (Å²) in [5, 5.41) is 11.0. The Morgan fingerprint density at radius 1 is 1.03 bits per heavy atom. The number of piperidine rings is 1. The minimum atomic E-state index is -4.75. The minimum Gasteiger partial charge on any atom is -0.406 e. The summed E-state index contributed by atoms with van der Waals surface area (Å²) in [7, 11) is 0. The SMILES string of the molecule is O=C(c1cccnc1-c1ccncc1)N1CCC(O)(Cc2ccc(OC(F)(F)F)cc2)CC1. The van der Waals surface area contributed by atoms with E-state index in [1.165, 1.54) is 24.3 Å². The van der Waals surface area contributed by atoms with Crippen molar-refractivity contribution in [2.45, 2.75) is 31.2 Å². The molecule has 0 spiro atoms. The van der Waals surface area contributed by atoms with Gasteiger partial charge >= 0.3 is 6.36 Å². The number of pyridine rings is 2. The summed E-state index contributed by atoms with van der Waals surface area (Å²) >= 11 is 0. The van der Waals surface area contributed by atoms with Crippen LogP contribution in [0.3, 0.4) is 0 Å². The molecule has 0 radical (unpaired) electrons. The molecule has 0 bridgehead atoms. The summed E-state index contributed by atoms with van der Waals surface area (Å²) in [6.45, 7) is 0.713. The Bertz CT molecular complexity index is 1100. The maximum absolute atomic E-state index is 13.2. The smallest absolute Gasteiger partial charge is 0.406 e. The van der Waals surface area contributed by atoms with Crippen molar-refractivity contribution in [3.8, 4) is 17.0 Å². The molecule has 0 saturated carbocycles. The van der Waals surface area contributed by atoms with E-state index in [1.54, 1.807) is 47.8 Å². The maximum atomic E-state index is 13.2. The molecule has 1 aliphatic rings. The predicted octanol–water partition coefficient (Wildman–Crippen LogP) is 4.25. The average molecular weight is 457 g/mol. The summed E-state index contributed by atoms with van der Waals surface area (Å²) in [6, 6.07) is 12.5. The van der Waals surface area contributed by atoms with E-state index < -0.39 is 12.0 Å². The van der Waals surface area contributed by atoms with Gasteiger partial charge in [-0.25, -0.2) is 0 Å². The van der Waals surface area contributed by atoms with Gasteiger partial charge in [-0.2, -0.15) is 0 Å². The first-order valence-corrected chi connectivity index (χ1v) is 10.4. The van der Waals surface area contributed by atoms with Gasteiger partial charge in [0.05, 0.1) is 16.9 Å². The minimum absolute atomic E-state index is 0.161. The fourth-order valence-electron chi connectivity index (χ4n) is 3.98. The second-order valence-electron chi connectivity index (χ2n) is 8.02. The van der Waals surface area contributed by atoms with E-state index in [0.29, 0.717) is 42.8 Å². The number of aliphatic hydroxyl groups is 1. The number of likely N-dealkylation sites (tertiary alicyclic amines) is 1. The zero-order valence-electron chi connectivity index (χ0n) is 17.6. The second kappa shape index (κ2) is 9.19. The number of halogens is 3. The number of ether oxygens (including phenoxy) is 1. The molecule has 0 unspecified atom stereocenters. The molecular formula is C24H22F3N3O3. The summed E-state index contributed by atoms with van der Waals surface area (Å²) < 4.78 is 40.8. The number of nitrogens with zero attached hydrogens (tertiary/aromatic N) is 3. The molecule has 1 amide bonds. The van der Waals surface area contributed by atoms with Crippen molar-refractivity contribution in [1.29, 1.82) is 0 Å². The molecule has 1 saturated heterocycles. The van der Waals surface area contributed by atoms with Gasteiger partial charge in [0.1, 0.15) is 5.75 Å². The van der Waals surface area contributed by atoms with Gasteiger partial charge in [0, 0.05) is 43.7 Å². The molecular weight excluding hydrogens is 435 g/mol. The van der Waals surface area contributed by atoms with Crippen LogP contribution in [0.4, 0.5) is 13.2 Å².